The molecule has 1 aromatic rings. The molecule has 0 radical (unpaired) electrons. The summed E-state index contributed by atoms with van der Waals surface area (Å²) in [6, 6.07) is 3.95. The molecule has 104 valence electrons. The van der Waals surface area contributed by atoms with Crippen molar-refractivity contribution in [1.82, 2.24) is 5.32 Å². The fourth-order valence-electron chi connectivity index (χ4n) is 2.34. The fourth-order valence-corrected chi connectivity index (χ4v) is 2.85. The number of rotatable bonds is 2. The van der Waals surface area contributed by atoms with Crippen molar-refractivity contribution in [3.8, 4) is 0 Å². The van der Waals surface area contributed by atoms with Crippen molar-refractivity contribution in [3.05, 3.63) is 34.6 Å². The van der Waals surface area contributed by atoms with E-state index in [1.807, 2.05) is 0 Å². The first-order valence-electron chi connectivity index (χ1n) is 6.48. The van der Waals surface area contributed by atoms with Gasteiger partial charge in [-0.2, -0.15) is 0 Å². The van der Waals surface area contributed by atoms with E-state index in [2.05, 4.69) is 5.32 Å². The van der Waals surface area contributed by atoms with Crippen LogP contribution in [0, 0.1) is 5.82 Å². The van der Waals surface area contributed by atoms with Crippen molar-refractivity contribution in [2.45, 2.75) is 43.5 Å². The monoisotopic (exact) mass is 303 g/mol. The van der Waals surface area contributed by atoms with Gasteiger partial charge in [0.1, 0.15) is 5.82 Å². The van der Waals surface area contributed by atoms with E-state index in [4.69, 9.17) is 23.2 Å². The molecule has 5 heteroatoms. The maximum absolute atomic E-state index is 13.7. The van der Waals surface area contributed by atoms with Crippen LogP contribution in [0.15, 0.2) is 18.2 Å². The molecule has 0 saturated heterocycles. The molecule has 1 aromatic carbocycles. The summed E-state index contributed by atoms with van der Waals surface area (Å²) in [4.78, 5) is 12.0. The molecule has 0 aromatic heterocycles. The lowest BCUT2D eigenvalue weighted by Crippen LogP contribution is -2.40. The lowest BCUT2D eigenvalue weighted by molar-refractivity contribution is 0.0930. The maximum atomic E-state index is 13.7. The number of nitrogens with one attached hydrogen (secondary N) is 1. The molecule has 1 fully saturated rings. The van der Waals surface area contributed by atoms with E-state index in [1.54, 1.807) is 0 Å². The van der Waals surface area contributed by atoms with Gasteiger partial charge in [-0.25, -0.2) is 4.39 Å². The molecule has 1 aliphatic carbocycles. The zero-order valence-electron chi connectivity index (χ0n) is 10.5. The number of alkyl halides is 1. The van der Waals surface area contributed by atoms with Crippen molar-refractivity contribution in [2.24, 2.45) is 0 Å². The highest BCUT2D eigenvalue weighted by Crippen LogP contribution is 2.23. The van der Waals surface area contributed by atoms with Gasteiger partial charge in [0.15, 0.2) is 0 Å². The SMILES string of the molecule is O=C(NC1CCCCCC1Cl)c1ccc(Cl)cc1F. The molecule has 0 aliphatic heterocycles. The predicted octanol–water partition coefficient (Wildman–Crippen LogP) is 4.15. The van der Waals surface area contributed by atoms with Crippen molar-refractivity contribution in [1.29, 1.82) is 0 Å². The summed E-state index contributed by atoms with van der Waals surface area (Å²) in [6.07, 6.45) is 4.97. The normalized spacial score (nSPS) is 23.7. The van der Waals surface area contributed by atoms with Crippen LogP contribution in [0.3, 0.4) is 0 Å². The zero-order valence-corrected chi connectivity index (χ0v) is 12.0. The number of halogens is 3. The molecule has 0 spiro atoms. The number of benzene rings is 1. The molecule has 2 rings (SSSR count). The summed E-state index contributed by atoms with van der Waals surface area (Å²) in [5.41, 5.74) is 0.0116. The average molecular weight is 304 g/mol. The van der Waals surface area contributed by atoms with Gasteiger partial charge in [-0.05, 0) is 31.0 Å². The molecule has 2 unspecified atom stereocenters. The smallest absolute Gasteiger partial charge is 0.254 e. The van der Waals surface area contributed by atoms with Gasteiger partial charge < -0.3 is 5.32 Å². The highest BCUT2D eigenvalue weighted by Gasteiger charge is 2.24. The minimum atomic E-state index is -0.607. The summed E-state index contributed by atoms with van der Waals surface area (Å²) in [5, 5.41) is 3.03. The van der Waals surface area contributed by atoms with E-state index >= 15 is 0 Å². The summed E-state index contributed by atoms with van der Waals surface area (Å²) in [6.45, 7) is 0. The first kappa shape index (κ1) is 14.6. The third kappa shape index (κ3) is 3.83. The Morgan fingerprint density at radius 2 is 2.00 bits per heavy atom. The largest absolute Gasteiger partial charge is 0.348 e. The molecule has 19 heavy (non-hydrogen) atoms. The van der Waals surface area contributed by atoms with Crippen molar-refractivity contribution in [2.75, 3.05) is 0 Å². The van der Waals surface area contributed by atoms with E-state index in [0.717, 1.165) is 38.2 Å². The lowest BCUT2D eigenvalue weighted by Gasteiger charge is -2.21. The van der Waals surface area contributed by atoms with Crippen LogP contribution in [0.2, 0.25) is 5.02 Å². The average Bonchev–Trinajstić information content (AvgIpc) is 2.55. The topological polar surface area (TPSA) is 29.1 Å². The minimum absolute atomic E-state index is 0.0116. The zero-order chi connectivity index (χ0) is 13.8. The second kappa shape index (κ2) is 6.58. The first-order chi connectivity index (χ1) is 9.08. The van der Waals surface area contributed by atoms with Crippen LogP contribution in [0.1, 0.15) is 42.5 Å². The number of hydrogen-bond donors (Lipinski definition) is 1. The Morgan fingerprint density at radius 1 is 1.26 bits per heavy atom. The quantitative estimate of drug-likeness (QED) is 0.645. The van der Waals surface area contributed by atoms with E-state index < -0.39 is 11.7 Å². The predicted molar refractivity (Wildman–Crippen MR) is 75.4 cm³/mol. The molecule has 1 aliphatic rings. The van der Waals surface area contributed by atoms with Crippen LogP contribution >= 0.6 is 23.2 Å². The standard InChI is InChI=1S/C14H16Cl2FNO/c15-9-6-7-10(12(17)8-9)14(19)18-13-5-3-1-2-4-11(13)16/h6-8,11,13H,1-5H2,(H,18,19). The van der Waals surface area contributed by atoms with Gasteiger partial charge >= 0.3 is 0 Å². The Labute approximate surface area is 122 Å². The Kier molecular flexibility index (Phi) is 5.06. The van der Waals surface area contributed by atoms with Gasteiger partial charge in [0.25, 0.3) is 5.91 Å². The summed E-state index contributed by atoms with van der Waals surface area (Å²) in [5.74, 6) is -1.03. The number of amides is 1. The maximum Gasteiger partial charge on any atom is 0.254 e. The Morgan fingerprint density at radius 3 is 2.74 bits per heavy atom. The van der Waals surface area contributed by atoms with Crippen molar-refractivity contribution in [3.63, 3.8) is 0 Å². The van der Waals surface area contributed by atoms with E-state index in [0.29, 0.717) is 0 Å². The van der Waals surface area contributed by atoms with Crippen LogP contribution < -0.4 is 5.32 Å². The van der Waals surface area contributed by atoms with Gasteiger partial charge in [-0.15, -0.1) is 11.6 Å². The molecule has 0 bridgehead atoms. The van der Waals surface area contributed by atoms with Crippen molar-refractivity contribution >= 4 is 29.1 Å². The third-order valence-corrected chi connectivity index (χ3v) is 4.18. The molecule has 1 saturated carbocycles. The molecule has 1 amide bonds. The van der Waals surface area contributed by atoms with E-state index in [9.17, 15) is 9.18 Å². The second-order valence-corrected chi connectivity index (χ2v) is 5.86. The number of carbonyl (C=O) groups is 1. The Balaban J connectivity index is 2.07. The number of hydrogen-bond acceptors (Lipinski definition) is 1. The molecule has 0 heterocycles. The van der Waals surface area contributed by atoms with E-state index in [1.165, 1.54) is 12.1 Å². The van der Waals surface area contributed by atoms with Gasteiger partial charge in [0.2, 0.25) is 0 Å². The van der Waals surface area contributed by atoms with Gasteiger partial charge in [0.05, 0.1) is 10.9 Å². The molecular weight excluding hydrogens is 288 g/mol. The highest BCUT2D eigenvalue weighted by atomic mass is 35.5. The fraction of sp³-hybridized carbons (Fsp3) is 0.500. The van der Waals surface area contributed by atoms with Crippen LogP contribution in [-0.2, 0) is 0 Å². The van der Waals surface area contributed by atoms with Gasteiger partial charge in [-0.3, -0.25) is 4.79 Å². The minimum Gasteiger partial charge on any atom is -0.348 e. The van der Waals surface area contributed by atoms with Gasteiger partial charge in [0, 0.05) is 11.1 Å². The highest BCUT2D eigenvalue weighted by molar-refractivity contribution is 6.30. The number of carbonyl (C=O) groups excluding carboxylic acids is 1. The van der Waals surface area contributed by atoms with Crippen LogP contribution in [0.4, 0.5) is 4.39 Å². The summed E-state index contributed by atoms with van der Waals surface area (Å²) in [7, 11) is 0. The summed E-state index contributed by atoms with van der Waals surface area (Å²) >= 11 is 11.9. The Bertz CT molecular complexity index is 467. The Hall–Kier alpha value is -0.800. The third-order valence-electron chi connectivity index (χ3n) is 3.42. The molecule has 2 atom stereocenters. The van der Waals surface area contributed by atoms with E-state index in [-0.39, 0.29) is 22.0 Å². The second-order valence-electron chi connectivity index (χ2n) is 4.86. The van der Waals surface area contributed by atoms with Gasteiger partial charge in [-0.1, -0.05) is 30.9 Å². The summed E-state index contributed by atoms with van der Waals surface area (Å²) < 4.78 is 13.7. The van der Waals surface area contributed by atoms with Crippen LogP contribution in [0.25, 0.3) is 0 Å². The lowest BCUT2D eigenvalue weighted by atomic mass is 10.1. The van der Waals surface area contributed by atoms with Crippen LogP contribution in [-0.4, -0.2) is 17.3 Å². The molecular formula is C14H16Cl2FNO. The van der Waals surface area contributed by atoms with Crippen molar-refractivity contribution < 1.29 is 9.18 Å². The first-order valence-corrected chi connectivity index (χ1v) is 7.29. The van der Waals surface area contributed by atoms with Crippen LogP contribution in [0.5, 0.6) is 0 Å². The molecule has 1 N–H and O–H groups in total. The molecule has 2 nitrogen and oxygen atoms in total.